The second-order valence-electron chi connectivity index (χ2n) is 7.33. The van der Waals surface area contributed by atoms with E-state index in [4.69, 9.17) is 5.10 Å². The van der Waals surface area contributed by atoms with Crippen LogP contribution in [0.25, 0.3) is 5.69 Å². The van der Waals surface area contributed by atoms with Gasteiger partial charge in [-0.1, -0.05) is 17.7 Å². The van der Waals surface area contributed by atoms with Crippen molar-refractivity contribution in [2.24, 2.45) is 0 Å². The number of carbonyl (C=O) groups is 1. The number of amides is 1. The molecule has 1 amide bonds. The zero-order valence-electron chi connectivity index (χ0n) is 15.5. The number of benzene rings is 1. The molecule has 0 atom stereocenters. The third-order valence-electron chi connectivity index (χ3n) is 5.40. The molecule has 1 saturated heterocycles. The minimum Gasteiger partial charge on any atom is -0.348 e. The van der Waals surface area contributed by atoms with E-state index in [-0.39, 0.29) is 24.4 Å². The number of aromatic nitrogens is 2. The number of piperidine rings is 1. The quantitative estimate of drug-likeness (QED) is 0.868. The van der Waals surface area contributed by atoms with Crippen molar-refractivity contribution in [3.63, 3.8) is 0 Å². The Morgan fingerprint density at radius 2 is 2.00 bits per heavy atom. The Morgan fingerprint density at radius 1 is 1.23 bits per heavy atom. The lowest BCUT2D eigenvalue weighted by molar-refractivity contribution is 0.0923. The maximum atomic E-state index is 12.8. The fourth-order valence-corrected chi connectivity index (χ4v) is 4.08. The van der Waals surface area contributed by atoms with Gasteiger partial charge < -0.3 is 10.6 Å². The molecule has 1 aromatic heterocycles. The van der Waals surface area contributed by atoms with E-state index in [0.29, 0.717) is 5.69 Å². The first-order valence-electron chi connectivity index (χ1n) is 9.33. The molecule has 5 nitrogen and oxygen atoms in total. The van der Waals surface area contributed by atoms with E-state index in [1.165, 1.54) is 16.8 Å². The molecule has 1 aliphatic heterocycles. The van der Waals surface area contributed by atoms with Gasteiger partial charge in [0.25, 0.3) is 5.91 Å². The number of halogens is 1. The van der Waals surface area contributed by atoms with Crippen LogP contribution in [0, 0.1) is 13.8 Å². The Kier molecular flexibility index (Phi) is 5.68. The molecule has 26 heavy (non-hydrogen) atoms. The van der Waals surface area contributed by atoms with Crippen LogP contribution in [0.15, 0.2) is 18.2 Å². The van der Waals surface area contributed by atoms with Gasteiger partial charge in [-0.3, -0.25) is 4.79 Å². The van der Waals surface area contributed by atoms with Gasteiger partial charge in [0.15, 0.2) is 5.69 Å². The molecule has 1 aromatic carbocycles. The molecule has 1 aliphatic carbocycles. The number of rotatable bonds is 3. The lowest BCUT2D eigenvalue weighted by Gasteiger charge is -2.23. The van der Waals surface area contributed by atoms with Gasteiger partial charge in [0, 0.05) is 17.3 Å². The van der Waals surface area contributed by atoms with Crippen LogP contribution in [0.2, 0.25) is 0 Å². The Labute approximate surface area is 161 Å². The summed E-state index contributed by atoms with van der Waals surface area (Å²) < 4.78 is 2.01. The van der Waals surface area contributed by atoms with Gasteiger partial charge in [0.05, 0.1) is 5.69 Å². The number of fused-ring (bicyclic) bond motifs is 1. The van der Waals surface area contributed by atoms with E-state index in [1.54, 1.807) is 0 Å². The second-order valence-corrected chi connectivity index (χ2v) is 7.33. The number of hydrogen-bond acceptors (Lipinski definition) is 3. The zero-order valence-corrected chi connectivity index (χ0v) is 16.3. The summed E-state index contributed by atoms with van der Waals surface area (Å²) in [7, 11) is 0. The first-order chi connectivity index (χ1) is 12.1. The number of hydrogen-bond donors (Lipinski definition) is 2. The van der Waals surface area contributed by atoms with Crippen molar-refractivity contribution < 1.29 is 4.79 Å². The summed E-state index contributed by atoms with van der Waals surface area (Å²) in [4.78, 5) is 12.8. The fraction of sp³-hybridized carbons (Fsp3) is 0.500. The summed E-state index contributed by atoms with van der Waals surface area (Å²) in [6.45, 7) is 6.16. The van der Waals surface area contributed by atoms with E-state index in [2.05, 4.69) is 42.7 Å². The van der Waals surface area contributed by atoms with Gasteiger partial charge in [-0.05, 0) is 70.7 Å². The Balaban J connectivity index is 0.00000196. The monoisotopic (exact) mass is 374 g/mol. The largest absolute Gasteiger partial charge is 0.348 e. The Morgan fingerprint density at radius 3 is 2.73 bits per heavy atom. The normalized spacial score (nSPS) is 16.8. The first kappa shape index (κ1) is 18.9. The van der Waals surface area contributed by atoms with Crippen LogP contribution in [0.4, 0.5) is 0 Å². The van der Waals surface area contributed by atoms with Crippen LogP contribution in [-0.2, 0) is 12.8 Å². The Bertz CT molecular complexity index is 808. The van der Waals surface area contributed by atoms with Crippen LogP contribution in [-0.4, -0.2) is 34.8 Å². The molecular weight excluding hydrogens is 348 g/mol. The average molecular weight is 375 g/mol. The lowest BCUT2D eigenvalue weighted by Crippen LogP contribution is -2.43. The third kappa shape index (κ3) is 3.51. The first-order valence-corrected chi connectivity index (χ1v) is 9.33. The SMILES string of the molecule is Cc1ccc(-n2nc(C(=O)NC3CCNCC3)c3c2CCC3)c(C)c1.Cl. The van der Waals surface area contributed by atoms with Gasteiger partial charge in [-0.2, -0.15) is 5.10 Å². The average Bonchev–Trinajstić information content (AvgIpc) is 3.18. The number of nitrogens with zero attached hydrogens (tertiary/aromatic N) is 2. The van der Waals surface area contributed by atoms with E-state index in [9.17, 15) is 4.79 Å². The zero-order chi connectivity index (χ0) is 17.4. The molecule has 0 spiro atoms. The fourth-order valence-electron chi connectivity index (χ4n) is 4.08. The molecular formula is C20H27ClN4O. The highest BCUT2D eigenvalue weighted by molar-refractivity contribution is 5.94. The molecule has 0 radical (unpaired) electrons. The van der Waals surface area contributed by atoms with Gasteiger partial charge in [-0.15, -0.1) is 12.4 Å². The van der Waals surface area contributed by atoms with Crippen molar-refractivity contribution in [3.05, 3.63) is 46.3 Å². The maximum Gasteiger partial charge on any atom is 0.272 e. The van der Waals surface area contributed by atoms with E-state index < -0.39 is 0 Å². The lowest BCUT2D eigenvalue weighted by atomic mass is 10.1. The van der Waals surface area contributed by atoms with Crippen molar-refractivity contribution in [3.8, 4) is 5.69 Å². The van der Waals surface area contributed by atoms with Crippen LogP contribution in [0.1, 0.15) is 52.1 Å². The second kappa shape index (κ2) is 7.80. The van der Waals surface area contributed by atoms with E-state index in [1.807, 2.05) is 4.68 Å². The number of carbonyl (C=O) groups excluding carboxylic acids is 1. The molecule has 140 valence electrons. The topological polar surface area (TPSA) is 59.0 Å². The summed E-state index contributed by atoms with van der Waals surface area (Å²) in [5.74, 6) is -0.00596. The minimum absolute atomic E-state index is 0. The van der Waals surface area contributed by atoms with Crippen molar-refractivity contribution in [2.75, 3.05) is 13.1 Å². The summed E-state index contributed by atoms with van der Waals surface area (Å²) in [5, 5.41) is 11.3. The van der Waals surface area contributed by atoms with Crippen molar-refractivity contribution in [1.82, 2.24) is 20.4 Å². The third-order valence-corrected chi connectivity index (χ3v) is 5.40. The molecule has 2 heterocycles. The summed E-state index contributed by atoms with van der Waals surface area (Å²) >= 11 is 0. The predicted octanol–water partition coefficient (Wildman–Crippen LogP) is 2.88. The summed E-state index contributed by atoms with van der Waals surface area (Å²) in [5.41, 5.74) is 6.51. The van der Waals surface area contributed by atoms with Crippen molar-refractivity contribution in [1.29, 1.82) is 0 Å². The standard InChI is InChI=1S/C20H26N4O.ClH/c1-13-6-7-17(14(2)12-13)24-18-5-3-4-16(18)19(23-24)20(25)22-15-8-10-21-11-9-15;/h6-7,12,15,21H,3-5,8-11H2,1-2H3,(H,22,25);1H. The van der Waals surface area contributed by atoms with Gasteiger partial charge in [0.1, 0.15) is 0 Å². The van der Waals surface area contributed by atoms with Crippen LogP contribution < -0.4 is 10.6 Å². The molecule has 2 aromatic rings. The van der Waals surface area contributed by atoms with Crippen molar-refractivity contribution in [2.45, 2.75) is 52.0 Å². The molecule has 0 saturated carbocycles. The predicted molar refractivity (Wildman–Crippen MR) is 106 cm³/mol. The van der Waals surface area contributed by atoms with E-state index >= 15 is 0 Å². The van der Waals surface area contributed by atoms with E-state index in [0.717, 1.165) is 56.4 Å². The number of aryl methyl sites for hydroxylation is 2. The summed E-state index contributed by atoms with van der Waals surface area (Å²) in [6, 6.07) is 6.66. The molecule has 0 unspecified atom stereocenters. The number of nitrogens with one attached hydrogen (secondary N) is 2. The van der Waals surface area contributed by atoms with Crippen LogP contribution >= 0.6 is 12.4 Å². The molecule has 2 N–H and O–H groups in total. The van der Waals surface area contributed by atoms with Crippen molar-refractivity contribution >= 4 is 18.3 Å². The molecule has 0 bridgehead atoms. The Hall–Kier alpha value is -1.85. The summed E-state index contributed by atoms with van der Waals surface area (Å²) in [6.07, 6.45) is 5.04. The van der Waals surface area contributed by atoms with Crippen LogP contribution in [0.5, 0.6) is 0 Å². The highest BCUT2D eigenvalue weighted by Crippen LogP contribution is 2.29. The van der Waals surface area contributed by atoms with Gasteiger partial charge >= 0.3 is 0 Å². The van der Waals surface area contributed by atoms with Gasteiger partial charge in [0.2, 0.25) is 0 Å². The van der Waals surface area contributed by atoms with Crippen LogP contribution in [0.3, 0.4) is 0 Å². The minimum atomic E-state index is -0.00596. The molecule has 1 fully saturated rings. The molecule has 4 rings (SSSR count). The van der Waals surface area contributed by atoms with Gasteiger partial charge in [-0.25, -0.2) is 4.68 Å². The molecule has 2 aliphatic rings. The highest BCUT2D eigenvalue weighted by Gasteiger charge is 2.28. The smallest absolute Gasteiger partial charge is 0.272 e. The molecule has 6 heteroatoms. The maximum absolute atomic E-state index is 12.8. The highest BCUT2D eigenvalue weighted by atomic mass is 35.5.